The molecule has 0 radical (unpaired) electrons. The predicted molar refractivity (Wildman–Crippen MR) is 96.8 cm³/mol. The van der Waals surface area contributed by atoms with Gasteiger partial charge in [0.05, 0.1) is 5.69 Å². The first-order valence-corrected chi connectivity index (χ1v) is 7.54. The van der Waals surface area contributed by atoms with Gasteiger partial charge in [-0.3, -0.25) is 4.99 Å². The number of hydrogen-bond acceptors (Lipinski definition) is 2. The first kappa shape index (κ1) is 13.5. The zero-order chi connectivity index (χ0) is 15.6. The third-order valence-corrected chi connectivity index (χ3v) is 3.98. The molecule has 4 rings (SSSR count). The van der Waals surface area contributed by atoms with Gasteiger partial charge >= 0.3 is 0 Å². The Labute approximate surface area is 134 Å². The number of phenols is 1. The molecular weight excluding hydrogens is 282 g/mol. The molecule has 4 aromatic carbocycles. The van der Waals surface area contributed by atoms with Crippen molar-refractivity contribution in [1.82, 2.24) is 0 Å². The lowest BCUT2D eigenvalue weighted by molar-refractivity contribution is 0.474. The normalized spacial score (nSPS) is 11.5. The van der Waals surface area contributed by atoms with Crippen molar-refractivity contribution < 1.29 is 5.11 Å². The number of nitrogens with zero attached hydrogens (tertiary/aromatic N) is 1. The molecule has 0 aromatic heterocycles. The van der Waals surface area contributed by atoms with Gasteiger partial charge in [0.15, 0.2) is 0 Å². The van der Waals surface area contributed by atoms with Crippen LogP contribution in [0.1, 0.15) is 5.56 Å². The van der Waals surface area contributed by atoms with Crippen LogP contribution in [-0.4, -0.2) is 11.3 Å². The summed E-state index contributed by atoms with van der Waals surface area (Å²) in [6, 6.07) is 26.1. The summed E-state index contributed by atoms with van der Waals surface area (Å²) >= 11 is 0. The Balaban J connectivity index is 1.76. The number of phenolic OH excluding ortho intramolecular Hbond substituents is 1. The van der Waals surface area contributed by atoms with Gasteiger partial charge in [-0.1, -0.05) is 42.5 Å². The van der Waals surface area contributed by atoms with E-state index in [4.69, 9.17) is 0 Å². The van der Waals surface area contributed by atoms with E-state index in [1.54, 1.807) is 18.3 Å². The molecule has 0 aliphatic carbocycles. The van der Waals surface area contributed by atoms with Crippen molar-refractivity contribution in [3.8, 4) is 5.75 Å². The van der Waals surface area contributed by atoms with E-state index in [9.17, 15) is 5.11 Å². The Kier molecular flexibility index (Phi) is 3.28. The molecule has 0 unspecified atom stereocenters. The number of aliphatic imine (C=N–C) groups is 1. The van der Waals surface area contributed by atoms with Crippen LogP contribution in [0.5, 0.6) is 5.75 Å². The first-order chi connectivity index (χ1) is 11.3. The number of rotatable bonds is 2. The lowest BCUT2D eigenvalue weighted by Crippen LogP contribution is -1.81. The molecule has 0 atom stereocenters. The summed E-state index contributed by atoms with van der Waals surface area (Å²) in [5, 5.41) is 14.6. The Hall–Kier alpha value is -3.13. The predicted octanol–water partition coefficient (Wildman–Crippen LogP) is 5.45. The summed E-state index contributed by atoms with van der Waals surface area (Å²) in [4.78, 5) is 4.48. The fourth-order valence-electron chi connectivity index (χ4n) is 2.75. The molecule has 0 bridgehead atoms. The Morgan fingerprint density at radius 2 is 1.30 bits per heavy atom. The molecule has 0 amide bonds. The molecule has 110 valence electrons. The van der Waals surface area contributed by atoms with Gasteiger partial charge in [0.25, 0.3) is 0 Å². The molecule has 2 heteroatoms. The Morgan fingerprint density at radius 1 is 0.652 bits per heavy atom. The van der Waals surface area contributed by atoms with Gasteiger partial charge in [0.2, 0.25) is 0 Å². The lowest BCUT2D eigenvalue weighted by atomic mass is 10.0. The second kappa shape index (κ2) is 5.58. The Morgan fingerprint density at radius 3 is 2.09 bits per heavy atom. The topological polar surface area (TPSA) is 32.6 Å². The minimum Gasteiger partial charge on any atom is -0.507 e. The van der Waals surface area contributed by atoms with Gasteiger partial charge in [-0.15, -0.1) is 0 Å². The molecule has 0 saturated carbocycles. The summed E-state index contributed by atoms with van der Waals surface area (Å²) in [6.45, 7) is 0. The van der Waals surface area contributed by atoms with Crippen molar-refractivity contribution in [3.05, 3.63) is 84.4 Å². The number of hydrogen-bond donors (Lipinski definition) is 1. The van der Waals surface area contributed by atoms with Crippen molar-refractivity contribution in [3.63, 3.8) is 0 Å². The SMILES string of the molecule is Oc1ccccc1C=Nc1ccc2cc3ccccc3cc2c1. The maximum atomic E-state index is 9.79. The summed E-state index contributed by atoms with van der Waals surface area (Å²) in [7, 11) is 0. The Bertz CT molecular complexity index is 1030. The zero-order valence-corrected chi connectivity index (χ0v) is 12.5. The number of aromatic hydroxyl groups is 1. The van der Waals surface area contributed by atoms with Crippen LogP contribution >= 0.6 is 0 Å². The van der Waals surface area contributed by atoms with E-state index in [2.05, 4.69) is 47.5 Å². The molecule has 0 aliphatic heterocycles. The van der Waals surface area contributed by atoms with Crippen LogP contribution in [0.25, 0.3) is 21.5 Å². The summed E-state index contributed by atoms with van der Waals surface area (Å²) in [5.41, 5.74) is 1.59. The van der Waals surface area contributed by atoms with E-state index in [1.165, 1.54) is 16.2 Å². The smallest absolute Gasteiger partial charge is 0.124 e. The zero-order valence-electron chi connectivity index (χ0n) is 12.5. The van der Waals surface area contributed by atoms with Gasteiger partial charge in [0.1, 0.15) is 5.75 Å². The van der Waals surface area contributed by atoms with Crippen LogP contribution in [-0.2, 0) is 0 Å². The highest BCUT2D eigenvalue weighted by Gasteiger charge is 2.00. The second-order valence-electron chi connectivity index (χ2n) is 5.55. The van der Waals surface area contributed by atoms with Crippen molar-refractivity contribution in [2.45, 2.75) is 0 Å². The molecule has 4 aromatic rings. The monoisotopic (exact) mass is 297 g/mol. The third kappa shape index (κ3) is 2.67. The average Bonchev–Trinajstić information content (AvgIpc) is 2.59. The van der Waals surface area contributed by atoms with Crippen LogP contribution in [0.2, 0.25) is 0 Å². The number of fused-ring (bicyclic) bond motifs is 2. The minimum absolute atomic E-state index is 0.239. The van der Waals surface area contributed by atoms with Crippen LogP contribution in [0.3, 0.4) is 0 Å². The summed E-state index contributed by atoms with van der Waals surface area (Å²) < 4.78 is 0. The molecule has 0 spiro atoms. The minimum atomic E-state index is 0.239. The van der Waals surface area contributed by atoms with E-state index in [0.717, 1.165) is 11.1 Å². The molecule has 0 fully saturated rings. The fourth-order valence-corrected chi connectivity index (χ4v) is 2.75. The standard InChI is InChI=1S/C21H15NO/c23-21-8-4-3-7-18(21)14-22-20-10-9-17-11-15-5-1-2-6-16(15)12-19(17)13-20/h1-14,23H. The number of para-hydroxylation sites is 1. The molecule has 0 aliphatic rings. The maximum Gasteiger partial charge on any atom is 0.124 e. The van der Waals surface area contributed by atoms with E-state index in [-0.39, 0.29) is 5.75 Å². The van der Waals surface area contributed by atoms with Crippen molar-refractivity contribution in [2.24, 2.45) is 4.99 Å². The van der Waals surface area contributed by atoms with E-state index in [0.29, 0.717) is 5.56 Å². The van der Waals surface area contributed by atoms with E-state index < -0.39 is 0 Å². The van der Waals surface area contributed by atoms with Crippen LogP contribution in [0, 0.1) is 0 Å². The second-order valence-corrected chi connectivity index (χ2v) is 5.55. The molecule has 0 heterocycles. The molecule has 0 saturated heterocycles. The van der Waals surface area contributed by atoms with Crippen LogP contribution in [0.4, 0.5) is 5.69 Å². The van der Waals surface area contributed by atoms with Crippen LogP contribution in [0.15, 0.2) is 83.9 Å². The van der Waals surface area contributed by atoms with Crippen LogP contribution < -0.4 is 0 Å². The highest BCUT2D eigenvalue weighted by molar-refractivity contribution is 5.99. The molecule has 23 heavy (non-hydrogen) atoms. The fraction of sp³-hybridized carbons (Fsp3) is 0. The first-order valence-electron chi connectivity index (χ1n) is 7.54. The number of benzene rings is 4. The molecule has 2 nitrogen and oxygen atoms in total. The van der Waals surface area contributed by atoms with Crippen molar-refractivity contribution in [2.75, 3.05) is 0 Å². The average molecular weight is 297 g/mol. The van der Waals surface area contributed by atoms with Gasteiger partial charge in [-0.25, -0.2) is 0 Å². The lowest BCUT2D eigenvalue weighted by Gasteiger charge is -2.03. The summed E-state index contributed by atoms with van der Waals surface area (Å²) in [6.07, 6.45) is 1.69. The highest BCUT2D eigenvalue weighted by Crippen LogP contribution is 2.26. The van der Waals surface area contributed by atoms with E-state index in [1.807, 2.05) is 24.3 Å². The van der Waals surface area contributed by atoms with Gasteiger partial charge in [0, 0.05) is 11.8 Å². The third-order valence-electron chi connectivity index (χ3n) is 3.98. The maximum absolute atomic E-state index is 9.79. The van der Waals surface area contributed by atoms with E-state index >= 15 is 0 Å². The van der Waals surface area contributed by atoms with Gasteiger partial charge in [-0.2, -0.15) is 0 Å². The largest absolute Gasteiger partial charge is 0.507 e. The van der Waals surface area contributed by atoms with Crippen molar-refractivity contribution in [1.29, 1.82) is 0 Å². The molecule has 1 N–H and O–H groups in total. The van der Waals surface area contributed by atoms with Gasteiger partial charge in [-0.05, 0) is 57.9 Å². The summed E-state index contributed by atoms with van der Waals surface area (Å²) in [5.74, 6) is 0.239. The highest BCUT2D eigenvalue weighted by atomic mass is 16.3. The molecular formula is C21H15NO. The van der Waals surface area contributed by atoms with Crippen molar-refractivity contribution >= 4 is 33.4 Å². The van der Waals surface area contributed by atoms with Gasteiger partial charge < -0.3 is 5.11 Å². The quantitative estimate of drug-likeness (QED) is 0.387.